The highest BCUT2D eigenvalue weighted by atomic mass is 16.5. The van der Waals surface area contributed by atoms with Crippen LogP contribution in [-0.4, -0.2) is 54.2 Å². The molecule has 0 aliphatic rings. The number of phenols is 1. The van der Waals surface area contributed by atoms with Gasteiger partial charge in [0.2, 0.25) is 0 Å². The number of anilines is 1. The quantitative estimate of drug-likeness (QED) is 0.279. The number of carbonyl (C=O) groups is 3. The van der Waals surface area contributed by atoms with Gasteiger partial charge in [0.05, 0.1) is 26.7 Å². The molecule has 9 heteroatoms. The van der Waals surface area contributed by atoms with E-state index >= 15 is 0 Å². The molecular formula is C24H30N2O7. The first kappa shape index (κ1) is 25.7. The van der Waals surface area contributed by atoms with E-state index in [2.05, 4.69) is 10.6 Å². The van der Waals surface area contributed by atoms with E-state index in [4.69, 9.17) is 9.47 Å². The van der Waals surface area contributed by atoms with Gasteiger partial charge in [0.15, 0.2) is 17.3 Å². The first-order valence-electron chi connectivity index (χ1n) is 10.5. The maximum absolute atomic E-state index is 13.4. The van der Waals surface area contributed by atoms with Gasteiger partial charge in [-0.15, -0.1) is 0 Å². The molecule has 0 fully saturated rings. The summed E-state index contributed by atoms with van der Waals surface area (Å²) in [5, 5.41) is 25.4. The zero-order valence-corrected chi connectivity index (χ0v) is 19.1. The summed E-state index contributed by atoms with van der Waals surface area (Å²) in [5.74, 6) is -1.80. The molecule has 9 nitrogen and oxygen atoms in total. The van der Waals surface area contributed by atoms with Crippen molar-refractivity contribution in [2.24, 2.45) is 0 Å². The second-order valence-electron chi connectivity index (χ2n) is 7.51. The summed E-state index contributed by atoms with van der Waals surface area (Å²) in [5.41, 5.74) is 1.39. The SMILES string of the molecule is CCC(N[C@@H](CC(=O)O)C(=O)c1ccccc1NC(C)C(=O)OC)c1ccc(O)c(OC)c1. The van der Waals surface area contributed by atoms with E-state index in [9.17, 15) is 24.6 Å². The number of rotatable bonds is 12. The topological polar surface area (TPSA) is 134 Å². The number of carbonyl (C=O) groups excluding carboxylic acids is 2. The number of ether oxygens (including phenoxy) is 2. The Morgan fingerprint density at radius 1 is 1.09 bits per heavy atom. The summed E-state index contributed by atoms with van der Waals surface area (Å²) in [6.45, 7) is 3.50. The molecule has 0 amide bonds. The minimum atomic E-state index is -1.13. The number of phenolic OH excluding ortho intramolecular Hbond substituents is 1. The highest BCUT2D eigenvalue weighted by Gasteiger charge is 2.28. The van der Waals surface area contributed by atoms with Gasteiger partial charge in [0.25, 0.3) is 0 Å². The summed E-state index contributed by atoms with van der Waals surface area (Å²) in [4.78, 5) is 36.8. The standard InChI is InChI=1S/C24H30N2O7/c1-5-17(15-10-11-20(27)21(12-15)32-3)26-19(13-22(28)29)23(30)16-8-6-7-9-18(16)25-14(2)24(31)33-4/h6-12,14,17,19,25-27H,5,13H2,1-4H3,(H,28,29)/t14?,17?,19-/m0/s1. The van der Waals surface area contributed by atoms with Gasteiger partial charge in [-0.3, -0.25) is 14.9 Å². The minimum Gasteiger partial charge on any atom is -0.504 e. The lowest BCUT2D eigenvalue weighted by atomic mass is 9.96. The number of carboxylic acids is 1. The number of aromatic hydroxyl groups is 1. The van der Waals surface area contributed by atoms with Crippen LogP contribution in [-0.2, 0) is 14.3 Å². The van der Waals surface area contributed by atoms with Gasteiger partial charge >= 0.3 is 11.9 Å². The number of nitrogens with one attached hydrogen (secondary N) is 2. The van der Waals surface area contributed by atoms with Crippen molar-refractivity contribution in [3.63, 3.8) is 0 Å². The average Bonchev–Trinajstić information content (AvgIpc) is 2.81. The van der Waals surface area contributed by atoms with E-state index in [-0.39, 0.29) is 23.1 Å². The lowest BCUT2D eigenvalue weighted by Gasteiger charge is -2.25. The van der Waals surface area contributed by atoms with E-state index < -0.39 is 36.2 Å². The molecule has 0 spiro atoms. The molecule has 3 atom stereocenters. The Morgan fingerprint density at radius 2 is 1.79 bits per heavy atom. The number of esters is 1. The Hall–Kier alpha value is -3.59. The number of hydrogen-bond donors (Lipinski definition) is 4. The molecule has 0 bridgehead atoms. The van der Waals surface area contributed by atoms with Gasteiger partial charge in [-0.05, 0) is 43.2 Å². The second-order valence-corrected chi connectivity index (χ2v) is 7.51. The van der Waals surface area contributed by atoms with Crippen LogP contribution in [0.25, 0.3) is 0 Å². The van der Waals surface area contributed by atoms with E-state index in [0.29, 0.717) is 12.1 Å². The Balaban J connectivity index is 2.36. The van der Waals surface area contributed by atoms with E-state index in [0.717, 1.165) is 5.56 Å². The fourth-order valence-electron chi connectivity index (χ4n) is 3.49. The van der Waals surface area contributed by atoms with Gasteiger partial charge in [-0.1, -0.05) is 25.1 Å². The van der Waals surface area contributed by atoms with Gasteiger partial charge in [0.1, 0.15) is 6.04 Å². The minimum absolute atomic E-state index is 0.0195. The maximum atomic E-state index is 13.4. The normalized spacial score (nSPS) is 13.5. The number of methoxy groups -OCH3 is 2. The number of hydrogen-bond acceptors (Lipinski definition) is 8. The third-order valence-corrected chi connectivity index (χ3v) is 5.23. The smallest absolute Gasteiger partial charge is 0.327 e. The Morgan fingerprint density at radius 3 is 2.39 bits per heavy atom. The molecule has 0 saturated heterocycles. The lowest BCUT2D eigenvalue weighted by molar-refractivity contribution is -0.141. The van der Waals surface area contributed by atoms with Crippen LogP contribution in [0.3, 0.4) is 0 Å². The summed E-state index contributed by atoms with van der Waals surface area (Å²) < 4.78 is 9.89. The molecule has 0 radical (unpaired) electrons. The summed E-state index contributed by atoms with van der Waals surface area (Å²) >= 11 is 0. The zero-order valence-electron chi connectivity index (χ0n) is 19.1. The van der Waals surface area contributed by atoms with Gasteiger partial charge in [-0.25, -0.2) is 4.79 Å². The molecule has 2 aromatic carbocycles. The Bertz CT molecular complexity index is 993. The molecule has 0 aliphatic heterocycles. The van der Waals surface area contributed by atoms with Crippen molar-refractivity contribution >= 4 is 23.4 Å². The van der Waals surface area contributed by atoms with E-state index in [1.165, 1.54) is 20.3 Å². The molecule has 0 aliphatic carbocycles. The maximum Gasteiger partial charge on any atom is 0.327 e. The van der Waals surface area contributed by atoms with Crippen molar-refractivity contribution in [3.8, 4) is 11.5 Å². The van der Waals surface area contributed by atoms with E-state index in [1.807, 2.05) is 6.92 Å². The van der Waals surface area contributed by atoms with E-state index in [1.54, 1.807) is 43.3 Å². The monoisotopic (exact) mass is 458 g/mol. The third kappa shape index (κ3) is 6.69. The number of carboxylic acid groups (broad SMARTS) is 1. The Kier molecular flexibility index (Phi) is 9.23. The number of para-hydroxylation sites is 1. The highest BCUT2D eigenvalue weighted by molar-refractivity contribution is 6.06. The van der Waals surface area contributed by atoms with Gasteiger partial charge in [0, 0.05) is 17.3 Å². The predicted octanol–water partition coefficient (Wildman–Crippen LogP) is 3.14. The zero-order chi connectivity index (χ0) is 24.5. The van der Waals surface area contributed by atoms with Crippen molar-refractivity contribution in [2.45, 2.75) is 44.8 Å². The number of Topliss-reactive ketones (excluding diaryl/α,β-unsaturated/α-hetero) is 1. The molecule has 0 aromatic heterocycles. The molecular weight excluding hydrogens is 428 g/mol. The van der Waals surface area contributed by atoms with Crippen molar-refractivity contribution in [1.29, 1.82) is 0 Å². The van der Waals surface area contributed by atoms with Crippen LogP contribution in [0, 0.1) is 0 Å². The van der Waals surface area contributed by atoms with Gasteiger partial charge < -0.3 is 25.0 Å². The molecule has 4 N–H and O–H groups in total. The molecule has 0 saturated carbocycles. The molecule has 2 unspecified atom stereocenters. The van der Waals surface area contributed by atoms with Crippen molar-refractivity contribution in [1.82, 2.24) is 5.32 Å². The second kappa shape index (κ2) is 11.9. The third-order valence-electron chi connectivity index (χ3n) is 5.23. The van der Waals surface area contributed by atoms with Crippen LogP contribution in [0.1, 0.15) is 48.7 Å². The van der Waals surface area contributed by atoms with Crippen molar-refractivity contribution < 1.29 is 34.1 Å². The van der Waals surface area contributed by atoms with Crippen LogP contribution < -0.4 is 15.4 Å². The van der Waals surface area contributed by atoms with Crippen LogP contribution in [0.5, 0.6) is 11.5 Å². The lowest BCUT2D eigenvalue weighted by Crippen LogP contribution is -2.41. The van der Waals surface area contributed by atoms with Crippen molar-refractivity contribution in [3.05, 3.63) is 53.6 Å². The summed E-state index contributed by atoms with van der Waals surface area (Å²) in [6, 6.07) is 9.30. The summed E-state index contributed by atoms with van der Waals surface area (Å²) in [7, 11) is 2.71. The molecule has 2 aromatic rings. The van der Waals surface area contributed by atoms with Crippen LogP contribution in [0.4, 0.5) is 5.69 Å². The predicted molar refractivity (Wildman–Crippen MR) is 123 cm³/mol. The Labute approximate surface area is 192 Å². The van der Waals surface area contributed by atoms with Gasteiger partial charge in [-0.2, -0.15) is 0 Å². The molecule has 2 rings (SSSR count). The molecule has 178 valence electrons. The first-order valence-corrected chi connectivity index (χ1v) is 10.5. The number of aliphatic carboxylic acids is 1. The fraction of sp³-hybridized carbons (Fsp3) is 0.375. The number of ketones is 1. The largest absolute Gasteiger partial charge is 0.504 e. The summed E-state index contributed by atoms with van der Waals surface area (Å²) in [6.07, 6.45) is 0.113. The molecule has 0 heterocycles. The fourth-order valence-corrected chi connectivity index (χ4v) is 3.49. The first-order chi connectivity index (χ1) is 15.7. The molecule has 33 heavy (non-hydrogen) atoms. The van der Waals surface area contributed by atoms with Crippen LogP contribution >= 0.6 is 0 Å². The van der Waals surface area contributed by atoms with Crippen LogP contribution in [0.2, 0.25) is 0 Å². The average molecular weight is 459 g/mol. The van der Waals surface area contributed by atoms with Crippen molar-refractivity contribution in [2.75, 3.05) is 19.5 Å². The number of benzene rings is 2. The van der Waals surface area contributed by atoms with Crippen LogP contribution in [0.15, 0.2) is 42.5 Å². The highest BCUT2D eigenvalue weighted by Crippen LogP contribution is 2.30.